The molecule has 4 heteroatoms. The number of hydrogen-bond acceptors (Lipinski definition) is 3. The largest absolute Gasteiger partial charge is 0.350 e. The van der Waals surface area contributed by atoms with E-state index in [4.69, 9.17) is 5.73 Å². The van der Waals surface area contributed by atoms with Gasteiger partial charge in [-0.1, -0.05) is 6.07 Å². The highest BCUT2D eigenvalue weighted by molar-refractivity contribution is 5.76. The fourth-order valence-corrected chi connectivity index (χ4v) is 1.39. The molecule has 1 heterocycles. The van der Waals surface area contributed by atoms with Gasteiger partial charge in [-0.3, -0.25) is 9.78 Å². The fourth-order valence-electron chi connectivity index (χ4n) is 1.39. The molecule has 0 spiro atoms. The van der Waals surface area contributed by atoms with Gasteiger partial charge in [-0.25, -0.2) is 0 Å². The number of amides is 1. The third-order valence-electron chi connectivity index (χ3n) is 2.39. The number of pyridine rings is 1. The molecule has 1 amide bonds. The van der Waals surface area contributed by atoms with Gasteiger partial charge in [0.2, 0.25) is 5.91 Å². The van der Waals surface area contributed by atoms with Crippen LogP contribution in [0.15, 0.2) is 24.5 Å². The Morgan fingerprint density at radius 2 is 2.31 bits per heavy atom. The Morgan fingerprint density at radius 1 is 1.56 bits per heavy atom. The Labute approximate surface area is 96.3 Å². The molecule has 3 N–H and O–H groups in total. The molecular formula is C12H19N3O. The van der Waals surface area contributed by atoms with Gasteiger partial charge >= 0.3 is 0 Å². The van der Waals surface area contributed by atoms with Crippen LogP contribution >= 0.6 is 0 Å². The van der Waals surface area contributed by atoms with E-state index < -0.39 is 0 Å². The van der Waals surface area contributed by atoms with Crippen molar-refractivity contribution >= 4 is 5.91 Å². The summed E-state index contributed by atoms with van der Waals surface area (Å²) in [7, 11) is 0. The molecule has 0 aromatic carbocycles. The molecule has 1 aromatic rings. The zero-order chi connectivity index (χ0) is 12.0. The van der Waals surface area contributed by atoms with Gasteiger partial charge in [0, 0.05) is 24.9 Å². The summed E-state index contributed by atoms with van der Waals surface area (Å²) in [4.78, 5) is 15.6. The van der Waals surface area contributed by atoms with E-state index in [1.54, 1.807) is 12.4 Å². The molecule has 0 saturated carbocycles. The second-order valence-corrected chi connectivity index (χ2v) is 4.09. The van der Waals surface area contributed by atoms with Crippen molar-refractivity contribution in [2.75, 3.05) is 0 Å². The highest BCUT2D eigenvalue weighted by Crippen LogP contribution is 2.10. The Balaban J connectivity index is 2.40. The quantitative estimate of drug-likeness (QED) is 0.789. The van der Waals surface area contributed by atoms with E-state index in [1.807, 2.05) is 26.0 Å². The summed E-state index contributed by atoms with van der Waals surface area (Å²) in [6, 6.07) is 3.87. The molecule has 0 fully saturated rings. The van der Waals surface area contributed by atoms with E-state index >= 15 is 0 Å². The Hall–Kier alpha value is -1.42. The van der Waals surface area contributed by atoms with Gasteiger partial charge < -0.3 is 11.1 Å². The highest BCUT2D eigenvalue weighted by atomic mass is 16.1. The maximum atomic E-state index is 11.5. The van der Waals surface area contributed by atoms with Gasteiger partial charge in [0.15, 0.2) is 0 Å². The lowest BCUT2D eigenvalue weighted by molar-refractivity contribution is -0.121. The number of nitrogens with one attached hydrogen (secondary N) is 1. The number of nitrogens with zero attached hydrogens (tertiary/aromatic N) is 1. The molecule has 0 saturated heterocycles. The lowest BCUT2D eigenvalue weighted by atomic mass is 10.1. The second kappa shape index (κ2) is 6.23. The Bertz CT molecular complexity index is 324. The van der Waals surface area contributed by atoms with Crippen LogP contribution in [0.5, 0.6) is 0 Å². The van der Waals surface area contributed by atoms with Crippen LogP contribution in [-0.2, 0) is 4.79 Å². The van der Waals surface area contributed by atoms with Crippen LogP contribution in [-0.4, -0.2) is 16.9 Å². The van der Waals surface area contributed by atoms with Crippen molar-refractivity contribution in [3.8, 4) is 0 Å². The summed E-state index contributed by atoms with van der Waals surface area (Å²) in [6.45, 7) is 3.85. The molecular weight excluding hydrogens is 202 g/mol. The number of hydrogen-bond donors (Lipinski definition) is 2. The number of aromatic nitrogens is 1. The zero-order valence-electron chi connectivity index (χ0n) is 9.81. The minimum absolute atomic E-state index is 0.00530. The third-order valence-corrected chi connectivity index (χ3v) is 2.39. The molecule has 16 heavy (non-hydrogen) atoms. The molecule has 2 atom stereocenters. The molecule has 1 unspecified atom stereocenters. The zero-order valence-corrected chi connectivity index (χ0v) is 9.81. The fraction of sp³-hybridized carbons (Fsp3) is 0.500. The van der Waals surface area contributed by atoms with Crippen LogP contribution < -0.4 is 11.1 Å². The average molecular weight is 221 g/mol. The number of nitrogens with two attached hydrogens (primary N) is 1. The van der Waals surface area contributed by atoms with Crippen LogP contribution in [0.1, 0.15) is 38.3 Å². The van der Waals surface area contributed by atoms with Crippen LogP contribution in [0.2, 0.25) is 0 Å². The van der Waals surface area contributed by atoms with Crippen molar-refractivity contribution < 1.29 is 4.79 Å². The summed E-state index contributed by atoms with van der Waals surface area (Å²) < 4.78 is 0. The third kappa shape index (κ3) is 4.40. The van der Waals surface area contributed by atoms with Crippen LogP contribution in [0, 0.1) is 0 Å². The van der Waals surface area contributed by atoms with E-state index in [0.717, 1.165) is 5.56 Å². The second-order valence-electron chi connectivity index (χ2n) is 4.09. The van der Waals surface area contributed by atoms with Crippen LogP contribution in [0.4, 0.5) is 0 Å². The first-order valence-electron chi connectivity index (χ1n) is 5.54. The predicted octanol–water partition coefficient (Wildman–Crippen LogP) is 1.39. The van der Waals surface area contributed by atoms with Gasteiger partial charge in [0.1, 0.15) is 0 Å². The van der Waals surface area contributed by atoms with Crippen molar-refractivity contribution in [1.29, 1.82) is 0 Å². The van der Waals surface area contributed by atoms with Gasteiger partial charge in [-0.2, -0.15) is 0 Å². The SMILES string of the molecule is CC(N)CCC(=O)N[C@H](C)c1cccnc1. The Morgan fingerprint density at radius 3 is 2.88 bits per heavy atom. The average Bonchev–Trinajstić information content (AvgIpc) is 2.27. The van der Waals surface area contributed by atoms with Crippen molar-refractivity contribution in [3.05, 3.63) is 30.1 Å². The summed E-state index contributed by atoms with van der Waals surface area (Å²) >= 11 is 0. The summed E-state index contributed by atoms with van der Waals surface area (Å²) in [5.74, 6) is 0.0358. The van der Waals surface area contributed by atoms with Crippen molar-refractivity contribution in [1.82, 2.24) is 10.3 Å². The topological polar surface area (TPSA) is 68.0 Å². The minimum atomic E-state index is -0.00530. The van der Waals surface area contributed by atoms with E-state index in [-0.39, 0.29) is 18.0 Å². The number of rotatable bonds is 5. The van der Waals surface area contributed by atoms with Crippen molar-refractivity contribution in [2.45, 2.75) is 38.8 Å². The normalized spacial score (nSPS) is 14.2. The molecule has 0 bridgehead atoms. The molecule has 1 aromatic heterocycles. The smallest absolute Gasteiger partial charge is 0.220 e. The summed E-state index contributed by atoms with van der Waals surface area (Å²) in [5.41, 5.74) is 6.60. The van der Waals surface area contributed by atoms with Crippen molar-refractivity contribution in [2.24, 2.45) is 5.73 Å². The lowest BCUT2D eigenvalue weighted by Gasteiger charge is -2.14. The molecule has 0 aliphatic heterocycles. The standard InChI is InChI=1S/C12H19N3O/c1-9(13)5-6-12(16)15-10(2)11-4-3-7-14-8-11/h3-4,7-10H,5-6,13H2,1-2H3,(H,15,16)/t9?,10-/m1/s1. The molecule has 0 radical (unpaired) electrons. The van der Waals surface area contributed by atoms with Gasteiger partial charge in [-0.05, 0) is 31.9 Å². The van der Waals surface area contributed by atoms with E-state index in [1.165, 1.54) is 0 Å². The lowest BCUT2D eigenvalue weighted by Crippen LogP contribution is -2.28. The van der Waals surface area contributed by atoms with Crippen LogP contribution in [0.3, 0.4) is 0 Å². The van der Waals surface area contributed by atoms with Crippen molar-refractivity contribution in [3.63, 3.8) is 0 Å². The van der Waals surface area contributed by atoms with Gasteiger partial charge in [0.25, 0.3) is 0 Å². The molecule has 88 valence electrons. The minimum Gasteiger partial charge on any atom is -0.350 e. The first-order valence-corrected chi connectivity index (χ1v) is 5.54. The van der Waals surface area contributed by atoms with E-state index in [9.17, 15) is 4.79 Å². The Kier molecular flexibility index (Phi) is 4.92. The first-order chi connectivity index (χ1) is 7.59. The first kappa shape index (κ1) is 12.6. The maximum absolute atomic E-state index is 11.5. The van der Waals surface area contributed by atoms with Gasteiger partial charge in [0.05, 0.1) is 6.04 Å². The van der Waals surface area contributed by atoms with E-state index in [2.05, 4.69) is 10.3 Å². The summed E-state index contributed by atoms with van der Waals surface area (Å²) in [6.07, 6.45) is 4.67. The number of carbonyl (C=O) groups is 1. The molecule has 4 nitrogen and oxygen atoms in total. The summed E-state index contributed by atoms with van der Waals surface area (Å²) in [5, 5.41) is 2.92. The maximum Gasteiger partial charge on any atom is 0.220 e. The predicted molar refractivity (Wildman–Crippen MR) is 63.7 cm³/mol. The highest BCUT2D eigenvalue weighted by Gasteiger charge is 2.09. The molecule has 1 rings (SSSR count). The van der Waals surface area contributed by atoms with E-state index in [0.29, 0.717) is 12.8 Å². The molecule has 0 aliphatic rings. The van der Waals surface area contributed by atoms with Gasteiger partial charge in [-0.15, -0.1) is 0 Å². The number of carbonyl (C=O) groups excluding carboxylic acids is 1. The van der Waals surface area contributed by atoms with Crippen LogP contribution in [0.25, 0.3) is 0 Å². The molecule has 0 aliphatic carbocycles. The monoisotopic (exact) mass is 221 g/mol.